The Morgan fingerprint density at radius 1 is 1.62 bits per heavy atom. The van der Waals surface area contributed by atoms with Gasteiger partial charge in [-0.3, -0.25) is 0 Å². The number of hydrogen-bond acceptors (Lipinski definition) is 2. The van der Waals surface area contributed by atoms with Crippen molar-refractivity contribution >= 4 is 5.97 Å². The highest BCUT2D eigenvalue weighted by molar-refractivity contribution is 5.93. The molecule has 0 aliphatic carbocycles. The van der Waals surface area contributed by atoms with Crippen molar-refractivity contribution in [1.82, 2.24) is 0 Å². The second-order valence-corrected chi connectivity index (χ2v) is 3.28. The van der Waals surface area contributed by atoms with Gasteiger partial charge in [-0.1, -0.05) is 31.9 Å². The third kappa shape index (κ3) is 3.05. The summed E-state index contributed by atoms with van der Waals surface area (Å²) in [6.45, 7) is 4.02. The summed E-state index contributed by atoms with van der Waals surface area (Å²) in [5.41, 5.74) is 0.698. The molecule has 0 unspecified atom stereocenters. The number of rotatable bonds is 4. The Morgan fingerprint density at radius 2 is 2.38 bits per heavy atom. The summed E-state index contributed by atoms with van der Waals surface area (Å²) in [4.78, 5) is 11.1. The Morgan fingerprint density at radius 3 is 2.92 bits per heavy atom. The Hall–Kier alpha value is -1.05. The zero-order chi connectivity index (χ0) is 9.68. The minimum atomic E-state index is -0.194. The maximum Gasteiger partial charge on any atom is 0.338 e. The van der Waals surface area contributed by atoms with Gasteiger partial charge in [-0.2, -0.15) is 0 Å². The van der Waals surface area contributed by atoms with Crippen molar-refractivity contribution in [3.05, 3.63) is 23.8 Å². The molecule has 0 aromatic heterocycles. The Bertz CT molecular complexity index is 238. The molecule has 0 bridgehead atoms. The van der Waals surface area contributed by atoms with Gasteiger partial charge in [0.25, 0.3) is 0 Å². The van der Waals surface area contributed by atoms with Gasteiger partial charge in [0.05, 0.1) is 5.57 Å². The predicted octanol–water partition coefficient (Wildman–Crippen LogP) is 2.60. The Balaban J connectivity index is 2.40. The lowest BCUT2D eigenvalue weighted by molar-refractivity contribution is -0.138. The van der Waals surface area contributed by atoms with E-state index >= 15 is 0 Å². The predicted molar refractivity (Wildman–Crippen MR) is 52.3 cm³/mol. The summed E-state index contributed by atoms with van der Waals surface area (Å²) in [5, 5.41) is 0. The molecule has 1 aliphatic heterocycles. The largest absolute Gasteiger partial charge is 0.455 e. The van der Waals surface area contributed by atoms with Gasteiger partial charge >= 0.3 is 5.97 Å². The molecule has 0 radical (unpaired) electrons. The third-order valence-corrected chi connectivity index (χ3v) is 1.96. The molecule has 72 valence electrons. The molecule has 0 spiro atoms. The quantitative estimate of drug-likeness (QED) is 0.491. The Kier molecular flexibility index (Phi) is 3.74. The topological polar surface area (TPSA) is 26.3 Å². The van der Waals surface area contributed by atoms with E-state index in [1.165, 1.54) is 12.8 Å². The second-order valence-electron chi connectivity index (χ2n) is 3.28. The molecule has 0 aromatic rings. The van der Waals surface area contributed by atoms with E-state index in [-0.39, 0.29) is 12.1 Å². The molecule has 0 saturated carbocycles. The lowest BCUT2D eigenvalue weighted by Gasteiger charge is -1.96. The highest BCUT2D eigenvalue weighted by atomic mass is 16.5. The van der Waals surface area contributed by atoms with Gasteiger partial charge < -0.3 is 4.74 Å². The normalized spacial score (nSPS) is 22.2. The van der Waals surface area contributed by atoms with Crippen LogP contribution in [0.1, 0.15) is 33.1 Å². The van der Waals surface area contributed by atoms with E-state index in [1.807, 2.05) is 25.2 Å². The van der Waals surface area contributed by atoms with Crippen LogP contribution in [0, 0.1) is 0 Å². The second kappa shape index (κ2) is 4.85. The molecule has 1 heterocycles. The Labute approximate surface area is 79.3 Å². The fourth-order valence-corrected chi connectivity index (χ4v) is 1.25. The number of carbonyl (C=O) groups excluding carboxylic acids is 1. The third-order valence-electron chi connectivity index (χ3n) is 1.96. The van der Waals surface area contributed by atoms with Gasteiger partial charge in [-0.15, -0.1) is 0 Å². The van der Waals surface area contributed by atoms with E-state index in [9.17, 15) is 4.79 Å². The van der Waals surface area contributed by atoms with Crippen molar-refractivity contribution in [3.63, 3.8) is 0 Å². The summed E-state index contributed by atoms with van der Waals surface area (Å²) >= 11 is 0. The van der Waals surface area contributed by atoms with Crippen molar-refractivity contribution < 1.29 is 9.53 Å². The lowest BCUT2D eigenvalue weighted by atomic mass is 10.2. The highest BCUT2D eigenvalue weighted by Gasteiger charge is 2.19. The fourth-order valence-electron chi connectivity index (χ4n) is 1.25. The molecule has 1 aliphatic rings. The lowest BCUT2D eigenvalue weighted by Crippen LogP contribution is -2.02. The van der Waals surface area contributed by atoms with E-state index in [2.05, 4.69) is 6.92 Å². The first-order valence-corrected chi connectivity index (χ1v) is 4.83. The molecular weight excluding hydrogens is 164 g/mol. The SMILES string of the molecule is CCCC/C=C\C1=C[C@H](C)OC1=O. The van der Waals surface area contributed by atoms with E-state index in [1.54, 1.807) is 0 Å². The van der Waals surface area contributed by atoms with Gasteiger partial charge in [0.2, 0.25) is 0 Å². The summed E-state index contributed by atoms with van der Waals surface area (Å²) in [6.07, 6.45) is 9.09. The van der Waals surface area contributed by atoms with Gasteiger partial charge in [0.1, 0.15) is 6.10 Å². The van der Waals surface area contributed by atoms with Crippen molar-refractivity contribution in [3.8, 4) is 0 Å². The van der Waals surface area contributed by atoms with Crippen LogP contribution < -0.4 is 0 Å². The van der Waals surface area contributed by atoms with E-state index in [0.717, 1.165) is 6.42 Å². The van der Waals surface area contributed by atoms with Crippen LogP contribution >= 0.6 is 0 Å². The molecule has 1 atom stereocenters. The van der Waals surface area contributed by atoms with Crippen LogP contribution in [0.25, 0.3) is 0 Å². The van der Waals surface area contributed by atoms with Gasteiger partial charge in [0.15, 0.2) is 0 Å². The van der Waals surface area contributed by atoms with Crippen LogP contribution in [0.4, 0.5) is 0 Å². The van der Waals surface area contributed by atoms with E-state index in [0.29, 0.717) is 5.57 Å². The molecule has 2 nitrogen and oxygen atoms in total. The number of esters is 1. The summed E-state index contributed by atoms with van der Waals surface area (Å²) in [5.74, 6) is -0.194. The van der Waals surface area contributed by atoms with Crippen molar-refractivity contribution in [2.45, 2.75) is 39.2 Å². The van der Waals surface area contributed by atoms with Crippen LogP contribution in [0.5, 0.6) is 0 Å². The molecule has 0 N–H and O–H groups in total. The van der Waals surface area contributed by atoms with Crippen molar-refractivity contribution in [1.29, 1.82) is 0 Å². The zero-order valence-corrected chi connectivity index (χ0v) is 8.25. The zero-order valence-electron chi connectivity index (χ0n) is 8.25. The van der Waals surface area contributed by atoms with Crippen LogP contribution in [0.2, 0.25) is 0 Å². The number of ether oxygens (including phenoxy) is 1. The number of unbranched alkanes of at least 4 members (excludes halogenated alkanes) is 2. The molecule has 2 heteroatoms. The molecular formula is C11H16O2. The van der Waals surface area contributed by atoms with E-state index in [4.69, 9.17) is 4.74 Å². The molecule has 0 amide bonds. The maximum absolute atomic E-state index is 11.1. The van der Waals surface area contributed by atoms with Gasteiger partial charge in [0, 0.05) is 0 Å². The summed E-state index contributed by atoms with van der Waals surface area (Å²) < 4.78 is 4.95. The van der Waals surface area contributed by atoms with Crippen LogP contribution in [-0.4, -0.2) is 12.1 Å². The number of allylic oxidation sites excluding steroid dienone is 1. The van der Waals surface area contributed by atoms with E-state index < -0.39 is 0 Å². The van der Waals surface area contributed by atoms with Crippen LogP contribution in [0.15, 0.2) is 23.8 Å². The summed E-state index contributed by atoms with van der Waals surface area (Å²) in [6, 6.07) is 0. The van der Waals surface area contributed by atoms with Crippen LogP contribution in [0.3, 0.4) is 0 Å². The van der Waals surface area contributed by atoms with Gasteiger partial charge in [-0.25, -0.2) is 4.79 Å². The van der Waals surface area contributed by atoms with Crippen molar-refractivity contribution in [2.75, 3.05) is 0 Å². The molecule has 0 aromatic carbocycles. The smallest absolute Gasteiger partial charge is 0.338 e. The molecule has 13 heavy (non-hydrogen) atoms. The highest BCUT2D eigenvalue weighted by Crippen LogP contribution is 2.14. The average molecular weight is 180 g/mol. The first kappa shape index (κ1) is 10.0. The monoisotopic (exact) mass is 180 g/mol. The minimum absolute atomic E-state index is 0.0571. The van der Waals surface area contributed by atoms with Crippen LogP contribution in [-0.2, 0) is 9.53 Å². The number of hydrogen-bond donors (Lipinski definition) is 0. The van der Waals surface area contributed by atoms with Crippen molar-refractivity contribution in [2.24, 2.45) is 0 Å². The standard InChI is InChI=1S/C11H16O2/c1-3-4-5-6-7-10-8-9(2)13-11(10)12/h6-9H,3-5H2,1-2H3/b7-6-/t9-/m0/s1. The maximum atomic E-state index is 11.1. The number of carbonyl (C=O) groups is 1. The average Bonchev–Trinajstić information content (AvgIpc) is 2.39. The first-order chi connectivity index (χ1) is 6.24. The number of cyclic esters (lactones) is 1. The first-order valence-electron chi connectivity index (χ1n) is 4.83. The summed E-state index contributed by atoms with van der Waals surface area (Å²) in [7, 11) is 0. The van der Waals surface area contributed by atoms with Gasteiger partial charge in [-0.05, 0) is 19.4 Å². The fraction of sp³-hybridized carbons (Fsp3) is 0.545. The minimum Gasteiger partial charge on any atom is -0.455 e. The molecule has 1 rings (SSSR count). The molecule has 0 saturated heterocycles. The molecule has 0 fully saturated rings.